The van der Waals surface area contributed by atoms with Crippen LogP contribution in [-0.4, -0.2) is 38.2 Å². The van der Waals surface area contributed by atoms with Gasteiger partial charge in [0.15, 0.2) is 13.2 Å². The highest BCUT2D eigenvalue weighted by Gasteiger charge is 2.15. The molecule has 0 bridgehead atoms. The summed E-state index contributed by atoms with van der Waals surface area (Å²) >= 11 is 0. The minimum absolute atomic E-state index is 0.236. The van der Waals surface area contributed by atoms with Gasteiger partial charge in [-0.25, -0.2) is 4.79 Å². The van der Waals surface area contributed by atoms with Crippen molar-refractivity contribution in [2.24, 2.45) is 0 Å². The Morgan fingerprint density at radius 1 is 1.03 bits per heavy atom. The molecule has 6 heteroatoms. The molecule has 0 radical (unpaired) electrons. The van der Waals surface area contributed by atoms with Crippen molar-refractivity contribution in [1.29, 1.82) is 0 Å². The van der Waals surface area contributed by atoms with Gasteiger partial charge in [0.1, 0.15) is 5.75 Å². The number of benzene rings is 2. The van der Waals surface area contributed by atoms with Crippen molar-refractivity contribution in [1.82, 2.24) is 0 Å². The summed E-state index contributed by atoms with van der Waals surface area (Å²) in [5.41, 5.74) is 4.96. The molecule has 1 amide bonds. The summed E-state index contributed by atoms with van der Waals surface area (Å²) in [5.74, 6) is -0.00104. The largest absolute Gasteiger partial charge is 0.482 e. The predicted molar refractivity (Wildman–Crippen MR) is 123 cm³/mol. The number of hydrogen-bond acceptors (Lipinski definition) is 5. The number of ether oxygens (including phenoxy) is 2. The van der Waals surface area contributed by atoms with Gasteiger partial charge in [-0.2, -0.15) is 0 Å². The zero-order valence-electron chi connectivity index (χ0n) is 18.9. The van der Waals surface area contributed by atoms with E-state index in [9.17, 15) is 9.59 Å². The van der Waals surface area contributed by atoms with E-state index in [1.807, 2.05) is 44.2 Å². The molecule has 0 aromatic heterocycles. The number of rotatable bonds is 8. The fraction of sp³-hybridized carbons (Fsp3) is 0.440. The first-order chi connectivity index (χ1) is 14.8. The van der Waals surface area contributed by atoms with Gasteiger partial charge in [-0.3, -0.25) is 4.79 Å². The normalized spacial score (nSPS) is 13.4. The molecule has 166 valence electrons. The number of anilines is 2. The maximum Gasteiger partial charge on any atom is 0.344 e. The molecule has 6 nitrogen and oxygen atoms in total. The van der Waals surface area contributed by atoms with Crippen LogP contribution in [0.1, 0.15) is 49.3 Å². The summed E-state index contributed by atoms with van der Waals surface area (Å²) in [5, 5.41) is 2.81. The second kappa shape index (κ2) is 10.3. The lowest BCUT2D eigenvalue weighted by molar-refractivity contribution is -0.149. The van der Waals surface area contributed by atoms with E-state index < -0.39 is 5.97 Å². The summed E-state index contributed by atoms with van der Waals surface area (Å²) in [6.45, 7) is 9.64. The quantitative estimate of drug-likeness (QED) is 0.628. The average Bonchev–Trinajstić information content (AvgIpc) is 3.27. The van der Waals surface area contributed by atoms with Crippen LogP contribution >= 0.6 is 0 Å². The maximum atomic E-state index is 12.2. The molecule has 0 atom stereocenters. The highest BCUT2D eigenvalue weighted by molar-refractivity contribution is 5.93. The molecule has 1 aliphatic heterocycles. The van der Waals surface area contributed by atoms with Gasteiger partial charge >= 0.3 is 5.97 Å². The first-order valence-electron chi connectivity index (χ1n) is 10.9. The number of hydrogen-bond donors (Lipinski definition) is 1. The summed E-state index contributed by atoms with van der Waals surface area (Å²) < 4.78 is 10.8. The molecule has 0 saturated carbocycles. The minimum atomic E-state index is -0.576. The van der Waals surface area contributed by atoms with Gasteiger partial charge in [0.05, 0.1) is 0 Å². The molecule has 31 heavy (non-hydrogen) atoms. The second-order valence-corrected chi connectivity index (χ2v) is 8.39. The summed E-state index contributed by atoms with van der Waals surface area (Å²) in [6.07, 6.45) is 2.44. The van der Waals surface area contributed by atoms with Crippen molar-refractivity contribution in [2.45, 2.75) is 46.5 Å². The number of nitrogens with one attached hydrogen (secondary N) is 1. The van der Waals surface area contributed by atoms with E-state index in [4.69, 9.17) is 9.47 Å². The van der Waals surface area contributed by atoms with Gasteiger partial charge in [0, 0.05) is 24.5 Å². The Labute approximate surface area is 184 Å². The molecule has 3 rings (SSSR count). The van der Waals surface area contributed by atoms with Crippen LogP contribution in [0.15, 0.2) is 36.4 Å². The monoisotopic (exact) mass is 424 g/mol. The van der Waals surface area contributed by atoms with Gasteiger partial charge in [-0.1, -0.05) is 26.0 Å². The lowest BCUT2D eigenvalue weighted by Gasteiger charge is -2.19. The van der Waals surface area contributed by atoms with E-state index in [1.54, 1.807) is 0 Å². The standard InChI is InChI=1S/C25H32N2O4/c1-17(2)21-9-7-18(3)13-23(21)30-16-25(29)31-15-24(28)26-22-10-8-20(14-19(22)4)27-11-5-6-12-27/h7-10,13-14,17H,5-6,11-12,15-16H2,1-4H3,(H,26,28). The van der Waals surface area contributed by atoms with E-state index in [-0.39, 0.29) is 25.0 Å². The Kier molecular flexibility index (Phi) is 7.55. The van der Waals surface area contributed by atoms with Crippen molar-refractivity contribution in [3.8, 4) is 5.75 Å². The Bertz CT molecular complexity index is 933. The minimum Gasteiger partial charge on any atom is -0.482 e. The van der Waals surface area contributed by atoms with Crippen molar-refractivity contribution in [3.05, 3.63) is 53.1 Å². The Balaban J connectivity index is 1.47. The number of carbonyl (C=O) groups excluding carboxylic acids is 2. The van der Waals surface area contributed by atoms with E-state index in [2.05, 4.69) is 30.1 Å². The van der Waals surface area contributed by atoms with Crippen molar-refractivity contribution in [3.63, 3.8) is 0 Å². The molecule has 2 aromatic carbocycles. The van der Waals surface area contributed by atoms with Gasteiger partial charge in [0.25, 0.3) is 5.91 Å². The van der Waals surface area contributed by atoms with Crippen molar-refractivity contribution >= 4 is 23.3 Å². The smallest absolute Gasteiger partial charge is 0.344 e. The van der Waals surface area contributed by atoms with Gasteiger partial charge in [-0.15, -0.1) is 0 Å². The first kappa shape index (κ1) is 22.7. The van der Waals surface area contributed by atoms with Crippen LogP contribution in [0.25, 0.3) is 0 Å². The molecule has 1 fully saturated rings. The topological polar surface area (TPSA) is 67.9 Å². The van der Waals surface area contributed by atoms with Gasteiger partial charge < -0.3 is 19.7 Å². The Hall–Kier alpha value is -3.02. The van der Waals surface area contributed by atoms with E-state index >= 15 is 0 Å². The molecule has 0 spiro atoms. The van der Waals surface area contributed by atoms with Crippen LogP contribution in [-0.2, 0) is 14.3 Å². The second-order valence-electron chi connectivity index (χ2n) is 8.39. The first-order valence-corrected chi connectivity index (χ1v) is 10.9. The number of carbonyl (C=O) groups is 2. The van der Waals surface area contributed by atoms with Crippen LogP contribution in [0.4, 0.5) is 11.4 Å². The third kappa shape index (κ3) is 6.23. The Morgan fingerprint density at radius 3 is 2.45 bits per heavy atom. The number of nitrogens with zero attached hydrogens (tertiary/aromatic N) is 1. The molecule has 2 aromatic rings. The van der Waals surface area contributed by atoms with Crippen LogP contribution in [0.2, 0.25) is 0 Å². The molecule has 1 heterocycles. The van der Waals surface area contributed by atoms with Crippen LogP contribution < -0.4 is 15.0 Å². The molecular weight excluding hydrogens is 392 g/mol. The molecular formula is C25H32N2O4. The zero-order valence-corrected chi connectivity index (χ0v) is 18.9. The third-order valence-corrected chi connectivity index (χ3v) is 5.46. The number of aryl methyl sites for hydroxylation is 2. The highest BCUT2D eigenvalue weighted by atomic mass is 16.6. The van der Waals surface area contributed by atoms with E-state index in [0.717, 1.165) is 35.5 Å². The summed E-state index contributed by atoms with van der Waals surface area (Å²) in [7, 11) is 0. The highest BCUT2D eigenvalue weighted by Crippen LogP contribution is 2.28. The van der Waals surface area contributed by atoms with E-state index in [1.165, 1.54) is 18.5 Å². The molecule has 1 saturated heterocycles. The maximum absolute atomic E-state index is 12.2. The Morgan fingerprint density at radius 2 is 1.77 bits per heavy atom. The van der Waals surface area contributed by atoms with E-state index in [0.29, 0.717) is 5.75 Å². The lowest BCUT2D eigenvalue weighted by atomic mass is 10.0. The molecule has 0 aliphatic carbocycles. The van der Waals surface area contributed by atoms with Gasteiger partial charge in [0.2, 0.25) is 0 Å². The predicted octanol–water partition coefficient (Wildman–Crippen LogP) is 4.59. The fourth-order valence-corrected chi connectivity index (χ4v) is 3.71. The fourth-order valence-electron chi connectivity index (χ4n) is 3.71. The van der Waals surface area contributed by atoms with Crippen LogP contribution in [0.3, 0.4) is 0 Å². The third-order valence-electron chi connectivity index (χ3n) is 5.46. The lowest BCUT2D eigenvalue weighted by Crippen LogP contribution is -2.24. The SMILES string of the molecule is Cc1ccc(C(C)C)c(OCC(=O)OCC(=O)Nc2ccc(N3CCCC3)cc2C)c1. The van der Waals surface area contributed by atoms with Crippen molar-refractivity contribution in [2.75, 3.05) is 36.5 Å². The van der Waals surface area contributed by atoms with Crippen LogP contribution in [0, 0.1) is 13.8 Å². The molecule has 1 N–H and O–H groups in total. The van der Waals surface area contributed by atoms with Gasteiger partial charge in [-0.05, 0) is 73.6 Å². The number of amides is 1. The molecule has 1 aliphatic rings. The molecule has 0 unspecified atom stereocenters. The van der Waals surface area contributed by atoms with Crippen molar-refractivity contribution < 1.29 is 19.1 Å². The summed E-state index contributed by atoms with van der Waals surface area (Å²) in [4.78, 5) is 26.6. The average molecular weight is 425 g/mol. The zero-order chi connectivity index (χ0) is 22.4. The van der Waals surface area contributed by atoms with Crippen LogP contribution in [0.5, 0.6) is 5.75 Å². The number of esters is 1. The summed E-state index contributed by atoms with van der Waals surface area (Å²) in [6, 6.07) is 11.9.